The predicted molar refractivity (Wildman–Crippen MR) is 124 cm³/mol. The highest BCUT2D eigenvalue weighted by atomic mass is 16.7. The Morgan fingerprint density at radius 2 is 1.69 bits per heavy atom. The molecule has 4 saturated carbocycles. The van der Waals surface area contributed by atoms with Crippen molar-refractivity contribution in [2.24, 2.45) is 40.4 Å². The molecule has 4 aliphatic carbocycles. The molecule has 1 saturated heterocycles. The fourth-order valence-electron chi connectivity index (χ4n) is 9.58. The molecule has 0 radical (unpaired) electrons. The number of ether oxygens (including phenoxy) is 2. The van der Waals surface area contributed by atoms with E-state index in [1.54, 1.807) is 0 Å². The number of aliphatic carboxylic acids is 1. The Morgan fingerprint density at radius 3 is 2.37 bits per heavy atom. The number of carboxylic acids is 1. The van der Waals surface area contributed by atoms with Crippen LogP contribution in [0.1, 0.15) is 78.6 Å². The van der Waals surface area contributed by atoms with E-state index in [1.165, 1.54) is 25.7 Å². The average Bonchev–Trinajstić information content (AvgIpc) is 3.16. The highest BCUT2D eigenvalue weighted by molar-refractivity contribution is 5.73. The first-order valence-electron chi connectivity index (χ1n) is 13.7. The van der Waals surface area contributed by atoms with Crippen LogP contribution in [0, 0.1) is 40.4 Å². The first-order chi connectivity index (χ1) is 16.5. The maximum atomic E-state index is 12.5. The van der Waals surface area contributed by atoms with Crippen LogP contribution in [-0.4, -0.2) is 69.3 Å². The maximum absolute atomic E-state index is 12.5. The number of carbonyl (C=O) groups is 1. The summed E-state index contributed by atoms with van der Waals surface area (Å²) in [6, 6.07) is 0. The van der Waals surface area contributed by atoms with Crippen molar-refractivity contribution >= 4 is 5.97 Å². The Morgan fingerprint density at radius 1 is 1.00 bits per heavy atom. The predicted octanol–water partition coefficient (Wildman–Crippen LogP) is 1.67. The largest absolute Gasteiger partial charge is 0.829 e. The summed E-state index contributed by atoms with van der Waals surface area (Å²) in [6.45, 7) is 6.84. The zero-order chi connectivity index (χ0) is 25.3. The Balaban J connectivity index is 1.25. The van der Waals surface area contributed by atoms with Crippen molar-refractivity contribution < 1.29 is 39.8 Å². The van der Waals surface area contributed by atoms with Gasteiger partial charge in [-0.05, 0) is 105 Å². The molecule has 0 aromatic heterocycles. The smallest absolute Gasteiger partial charge is 0.335 e. The zero-order valence-electron chi connectivity index (χ0n) is 21.2. The van der Waals surface area contributed by atoms with Gasteiger partial charge in [-0.1, -0.05) is 13.8 Å². The lowest BCUT2D eigenvalue weighted by Crippen LogP contribution is -2.65. The van der Waals surface area contributed by atoms with Crippen LogP contribution in [0.5, 0.6) is 0 Å². The molecule has 5 fully saturated rings. The van der Waals surface area contributed by atoms with Crippen LogP contribution in [0.25, 0.3) is 0 Å². The number of hydrogen-bond donors (Lipinski definition) is 4. The molecule has 5 aliphatic rings. The Kier molecular flexibility index (Phi) is 6.80. The molecule has 1 unspecified atom stereocenters. The molecule has 0 spiro atoms. The number of carboxylic acid groups (broad SMARTS) is 1. The second kappa shape index (κ2) is 9.21. The second-order valence-corrected chi connectivity index (χ2v) is 12.9. The third kappa shape index (κ3) is 4.07. The monoisotopic (exact) mass is 495 g/mol. The van der Waals surface area contributed by atoms with Crippen LogP contribution in [0.2, 0.25) is 0 Å². The molecule has 14 atom stereocenters. The quantitative estimate of drug-likeness (QED) is 0.462. The van der Waals surface area contributed by atoms with E-state index in [9.17, 15) is 25.2 Å². The van der Waals surface area contributed by atoms with Gasteiger partial charge < -0.3 is 35.0 Å². The van der Waals surface area contributed by atoms with Gasteiger partial charge in [0, 0.05) is 6.29 Å². The molecule has 5 rings (SSSR count). The lowest BCUT2D eigenvalue weighted by atomic mass is 9.44. The van der Waals surface area contributed by atoms with Crippen molar-refractivity contribution in [3.05, 3.63) is 0 Å². The molecule has 35 heavy (non-hydrogen) atoms. The second-order valence-electron chi connectivity index (χ2n) is 12.9. The van der Waals surface area contributed by atoms with Crippen LogP contribution < -0.4 is 5.11 Å². The summed E-state index contributed by atoms with van der Waals surface area (Å²) in [4.78, 5) is 11.2. The molecular weight excluding hydrogens is 452 g/mol. The Hall–Kier alpha value is -0.770. The van der Waals surface area contributed by atoms with E-state index >= 15 is 0 Å². The van der Waals surface area contributed by atoms with E-state index < -0.39 is 36.7 Å². The molecule has 1 heterocycles. The standard InChI is InChI=1S/C27H43O8/c1-13(28)17-6-7-18-16-5-4-14-12-15(8-10-26(14,2)19(16)9-11-27(17,18)3)34-23-21(30)20(29)22(24(31)32)35-25(23)33/h13-23,25,28-30H,4-12H2,1-3H3,(H,31,32)/q-1/t13?,14-,15-,16+,17-,18+,19+,20+,21+,22+,23-,25-,26+,27-/m1/s1. The summed E-state index contributed by atoms with van der Waals surface area (Å²) < 4.78 is 11.0. The van der Waals surface area contributed by atoms with E-state index in [1.807, 2.05) is 6.92 Å². The summed E-state index contributed by atoms with van der Waals surface area (Å²) in [7, 11) is 0. The number of fused-ring (bicyclic) bond motifs is 5. The summed E-state index contributed by atoms with van der Waals surface area (Å²) in [5.74, 6) is 1.48. The molecule has 200 valence electrons. The summed E-state index contributed by atoms with van der Waals surface area (Å²) >= 11 is 0. The van der Waals surface area contributed by atoms with Gasteiger partial charge in [-0.25, -0.2) is 4.79 Å². The fourth-order valence-corrected chi connectivity index (χ4v) is 9.58. The van der Waals surface area contributed by atoms with E-state index in [-0.39, 0.29) is 23.0 Å². The van der Waals surface area contributed by atoms with Gasteiger partial charge in [-0.15, -0.1) is 0 Å². The number of rotatable bonds is 4. The van der Waals surface area contributed by atoms with Gasteiger partial charge in [0.25, 0.3) is 0 Å². The SMILES string of the molecule is CC(O)[C@H]1CC[C@H]2[C@@H]3CC[C@@H]4C[C@H](O[C@@H]5[C@@H](O)[C@H](O)[C@@H](C(=O)O)O[C@H]5[O-])CC[C@]4(C)[C@H]3CC[C@]12C. The minimum atomic E-state index is -1.85. The van der Waals surface area contributed by atoms with Gasteiger partial charge in [-0.3, -0.25) is 0 Å². The van der Waals surface area contributed by atoms with Crippen molar-refractivity contribution in [2.45, 2.75) is 121 Å². The lowest BCUT2D eigenvalue weighted by molar-refractivity contribution is -0.533. The van der Waals surface area contributed by atoms with Gasteiger partial charge in [-0.2, -0.15) is 0 Å². The van der Waals surface area contributed by atoms with Crippen molar-refractivity contribution in [3.8, 4) is 0 Å². The fraction of sp³-hybridized carbons (Fsp3) is 0.963. The highest BCUT2D eigenvalue weighted by Crippen LogP contribution is 2.67. The normalized spacial score (nSPS) is 54.9. The van der Waals surface area contributed by atoms with Crippen LogP contribution >= 0.6 is 0 Å². The van der Waals surface area contributed by atoms with Crippen LogP contribution in [0.4, 0.5) is 0 Å². The molecule has 0 bridgehead atoms. The third-order valence-electron chi connectivity index (χ3n) is 11.4. The number of aliphatic hydroxyl groups is 3. The Bertz CT molecular complexity index is 804. The van der Waals surface area contributed by atoms with Crippen LogP contribution in [-0.2, 0) is 14.3 Å². The van der Waals surface area contributed by atoms with E-state index in [0.717, 1.165) is 32.1 Å². The van der Waals surface area contributed by atoms with Crippen molar-refractivity contribution in [1.82, 2.24) is 0 Å². The van der Waals surface area contributed by atoms with E-state index in [0.29, 0.717) is 29.6 Å². The lowest BCUT2D eigenvalue weighted by Gasteiger charge is -2.61. The van der Waals surface area contributed by atoms with Gasteiger partial charge in [0.05, 0.1) is 18.3 Å². The topological polar surface area (TPSA) is 140 Å². The van der Waals surface area contributed by atoms with Crippen molar-refractivity contribution in [3.63, 3.8) is 0 Å². The molecule has 1 aliphatic heterocycles. The summed E-state index contributed by atoms with van der Waals surface area (Å²) in [5.41, 5.74) is 0.466. The van der Waals surface area contributed by atoms with Crippen molar-refractivity contribution in [2.75, 3.05) is 0 Å². The first kappa shape index (κ1) is 25.9. The average molecular weight is 496 g/mol. The first-order valence-corrected chi connectivity index (χ1v) is 13.7. The molecule has 8 heteroatoms. The van der Waals surface area contributed by atoms with Crippen LogP contribution in [0.3, 0.4) is 0 Å². The number of aliphatic hydroxyl groups excluding tert-OH is 3. The minimum absolute atomic E-state index is 0.210. The van der Waals surface area contributed by atoms with E-state index in [2.05, 4.69) is 13.8 Å². The molecule has 0 aromatic carbocycles. The zero-order valence-corrected chi connectivity index (χ0v) is 21.2. The maximum Gasteiger partial charge on any atom is 0.335 e. The molecule has 0 aromatic rings. The van der Waals surface area contributed by atoms with Crippen molar-refractivity contribution in [1.29, 1.82) is 0 Å². The highest BCUT2D eigenvalue weighted by Gasteiger charge is 2.61. The van der Waals surface area contributed by atoms with Gasteiger partial charge in [0.15, 0.2) is 6.10 Å². The minimum Gasteiger partial charge on any atom is -0.829 e. The Labute approximate surface area is 208 Å². The van der Waals surface area contributed by atoms with Gasteiger partial charge in [0.2, 0.25) is 0 Å². The van der Waals surface area contributed by atoms with Crippen LogP contribution in [0.15, 0.2) is 0 Å². The molecular formula is C27H43O8-. The number of hydrogen-bond acceptors (Lipinski definition) is 7. The molecule has 0 amide bonds. The van der Waals surface area contributed by atoms with E-state index in [4.69, 9.17) is 14.6 Å². The molecule has 8 nitrogen and oxygen atoms in total. The van der Waals surface area contributed by atoms with Gasteiger partial charge in [0.1, 0.15) is 12.2 Å². The summed E-state index contributed by atoms with van der Waals surface area (Å²) in [5, 5.41) is 52.6. The molecule has 4 N–H and O–H groups in total. The van der Waals surface area contributed by atoms with Gasteiger partial charge >= 0.3 is 5.97 Å². The third-order valence-corrected chi connectivity index (χ3v) is 11.4. The summed E-state index contributed by atoms with van der Waals surface area (Å²) in [6.07, 6.45) is 1.07.